The summed E-state index contributed by atoms with van der Waals surface area (Å²) in [5.41, 5.74) is 23.6. The van der Waals surface area contributed by atoms with E-state index in [2.05, 4.69) is 15.0 Å². The van der Waals surface area contributed by atoms with Gasteiger partial charge in [0, 0.05) is 24.5 Å². The van der Waals surface area contributed by atoms with Crippen LogP contribution in [-0.2, 0) is 24.4 Å². The maximum atomic E-state index is 12.7. The number of nitrogens with one attached hydrogen (secondary N) is 2. The lowest BCUT2D eigenvalue weighted by molar-refractivity contribution is -0.143. The molecular formula is C26H38N8O6S. The van der Waals surface area contributed by atoms with Crippen LogP contribution in [0.2, 0.25) is 0 Å². The first-order chi connectivity index (χ1) is 19.3. The Labute approximate surface area is 239 Å². The summed E-state index contributed by atoms with van der Waals surface area (Å²) in [6.07, 6.45) is 1.33. The van der Waals surface area contributed by atoms with Crippen molar-refractivity contribution < 1.29 is 27.9 Å². The lowest BCUT2D eigenvalue weighted by Gasteiger charge is -2.25. The van der Waals surface area contributed by atoms with Gasteiger partial charge in [0.15, 0.2) is 5.96 Å². The van der Waals surface area contributed by atoms with Gasteiger partial charge < -0.3 is 38.3 Å². The zero-order valence-electron chi connectivity index (χ0n) is 22.8. The Bertz CT molecular complexity index is 1290. The van der Waals surface area contributed by atoms with Crippen molar-refractivity contribution in [1.29, 1.82) is 0 Å². The van der Waals surface area contributed by atoms with Gasteiger partial charge in [0.05, 0.1) is 11.4 Å². The fourth-order valence-electron chi connectivity index (χ4n) is 3.92. The van der Waals surface area contributed by atoms with Crippen molar-refractivity contribution in [3.8, 4) is 0 Å². The number of benzene rings is 2. The Morgan fingerprint density at radius 2 is 1.63 bits per heavy atom. The summed E-state index contributed by atoms with van der Waals surface area (Å²) in [6.45, 7) is 1.80. The number of carboxylic acid groups (broad SMARTS) is 1. The van der Waals surface area contributed by atoms with E-state index in [1.165, 1.54) is 17.0 Å². The Kier molecular flexibility index (Phi) is 12.4. The largest absolute Gasteiger partial charge is 0.480 e. The first-order valence-electron chi connectivity index (χ1n) is 12.9. The van der Waals surface area contributed by atoms with Crippen molar-refractivity contribution in [2.75, 3.05) is 31.1 Å². The van der Waals surface area contributed by atoms with E-state index in [1.807, 2.05) is 6.92 Å². The second kappa shape index (κ2) is 15.4. The Morgan fingerprint density at radius 3 is 2.17 bits per heavy atom. The summed E-state index contributed by atoms with van der Waals surface area (Å²) in [5.74, 6) is -2.49. The SMILES string of the molecule is Cc1ccc(S(=O)(=O)NCC(=O)N2CCC[C@H]2C(=O)N[C@@H](CCCN=C(N)N)C(=O)O)cc1.Nc1ccc(N)cc1. The van der Waals surface area contributed by atoms with Crippen LogP contribution in [0.1, 0.15) is 31.2 Å². The number of carbonyl (C=O) groups excluding carboxylic acids is 2. The summed E-state index contributed by atoms with van der Waals surface area (Å²) in [7, 11) is -3.89. The molecule has 0 spiro atoms. The number of sulfonamides is 1. The first-order valence-corrected chi connectivity index (χ1v) is 14.3. The van der Waals surface area contributed by atoms with Gasteiger partial charge in [-0.2, -0.15) is 0 Å². The van der Waals surface area contributed by atoms with Crippen LogP contribution in [-0.4, -0.2) is 73.9 Å². The molecule has 41 heavy (non-hydrogen) atoms. The van der Waals surface area contributed by atoms with Crippen LogP contribution >= 0.6 is 0 Å². The molecule has 2 amide bonds. The molecule has 0 aromatic heterocycles. The normalized spacial score (nSPS) is 15.2. The van der Waals surface area contributed by atoms with Crippen molar-refractivity contribution >= 4 is 45.1 Å². The quantitative estimate of drug-likeness (QED) is 0.0781. The van der Waals surface area contributed by atoms with Gasteiger partial charge in [-0.3, -0.25) is 14.6 Å². The summed E-state index contributed by atoms with van der Waals surface area (Å²) >= 11 is 0. The smallest absolute Gasteiger partial charge is 0.326 e. The molecule has 3 rings (SSSR count). The number of nitrogens with zero attached hydrogens (tertiary/aromatic N) is 2. The maximum Gasteiger partial charge on any atom is 0.326 e. The number of anilines is 2. The van der Waals surface area contributed by atoms with E-state index < -0.39 is 46.4 Å². The summed E-state index contributed by atoms with van der Waals surface area (Å²) in [5, 5.41) is 11.8. The van der Waals surface area contributed by atoms with Crippen molar-refractivity contribution in [3.05, 3.63) is 54.1 Å². The lowest BCUT2D eigenvalue weighted by atomic mass is 10.1. The van der Waals surface area contributed by atoms with Crippen molar-refractivity contribution in [1.82, 2.24) is 14.9 Å². The van der Waals surface area contributed by atoms with Crippen LogP contribution in [0.4, 0.5) is 11.4 Å². The van der Waals surface area contributed by atoms with Crippen LogP contribution in [0, 0.1) is 6.92 Å². The molecule has 0 aliphatic carbocycles. The number of rotatable bonds is 11. The lowest BCUT2D eigenvalue weighted by Crippen LogP contribution is -2.52. The molecule has 0 unspecified atom stereocenters. The van der Waals surface area contributed by atoms with E-state index in [1.54, 1.807) is 36.4 Å². The van der Waals surface area contributed by atoms with Gasteiger partial charge in [-0.25, -0.2) is 17.9 Å². The maximum absolute atomic E-state index is 12.7. The third-order valence-electron chi connectivity index (χ3n) is 6.12. The van der Waals surface area contributed by atoms with Gasteiger partial charge in [-0.15, -0.1) is 0 Å². The van der Waals surface area contributed by atoms with Crippen LogP contribution < -0.4 is 33.0 Å². The number of aliphatic carboxylic acids is 1. The van der Waals surface area contributed by atoms with Gasteiger partial charge in [0.1, 0.15) is 12.1 Å². The van der Waals surface area contributed by atoms with E-state index in [-0.39, 0.29) is 30.4 Å². The summed E-state index contributed by atoms with van der Waals surface area (Å²) < 4.78 is 27.1. The topological polar surface area (TPSA) is 249 Å². The zero-order valence-corrected chi connectivity index (χ0v) is 23.6. The Hall–Kier alpha value is -4.37. The second-order valence-corrected chi connectivity index (χ2v) is 11.2. The number of likely N-dealkylation sites (tertiary alicyclic amines) is 1. The highest BCUT2D eigenvalue weighted by Crippen LogP contribution is 2.18. The van der Waals surface area contributed by atoms with Crippen LogP contribution in [0.5, 0.6) is 0 Å². The monoisotopic (exact) mass is 590 g/mol. The Morgan fingerprint density at radius 1 is 1.05 bits per heavy atom. The predicted molar refractivity (Wildman–Crippen MR) is 156 cm³/mol. The van der Waals surface area contributed by atoms with Crippen molar-refractivity contribution in [3.63, 3.8) is 0 Å². The Balaban J connectivity index is 0.000000629. The first kappa shape index (κ1) is 32.8. The molecule has 1 aliphatic rings. The number of guanidine groups is 1. The van der Waals surface area contributed by atoms with E-state index in [0.29, 0.717) is 19.3 Å². The molecule has 1 saturated heterocycles. The number of hydrogen-bond donors (Lipinski definition) is 7. The van der Waals surface area contributed by atoms with Gasteiger partial charge in [0.2, 0.25) is 21.8 Å². The molecule has 14 nitrogen and oxygen atoms in total. The number of nitrogen functional groups attached to an aromatic ring is 2. The van der Waals surface area contributed by atoms with Crippen LogP contribution in [0.25, 0.3) is 0 Å². The van der Waals surface area contributed by atoms with E-state index >= 15 is 0 Å². The minimum atomic E-state index is -3.89. The van der Waals surface area contributed by atoms with E-state index in [0.717, 1.165) is 16.9 Å². The number of aryl methyl sites for hydroxylation is 1. The summed E-state index contributed by atoms with van der Waals surface area (Å²) in [4.78, 5) is 41.9. The molecule has 2 atom stereocenters. The molecule has 1 aliphatic heterocycles. The van der Waals surface area contributed by atoms with Gasteiger partial charge in [-0.1, -0.05) is 17.7 Å². The molecule has 0 saturated carbocycles. The number of nitrogens with two attached hydrogens (primary N) is 4. The van der Waals surface area contributed by atoms with Gasteiger partial charge in [0.25, 0.3) is 0 Å². The molecular weight excluding hydrogens is 552 g/mol. The fraction of sp³-hybridized carbons (Fsp3) is 0.385. The van der Waals surface area contributed by atoms with E-state index in [4.69, 9.17) is 22.9 Å². The molecule has 0 bridgehead atoms. The highest BCUT2D eigenvalue weighted by Gasteiger charge is 2.36. The second-order valence-electron chi connectivity index (χ2n) is 9.40. The molecule has 1 heterocycles. The number of hydrogen-bond acceptors (Lipinski definition) is 8. The number of aliphatic imine (C=N–C) groups is 1. The molecule has 2 aromatic carbocycles. The highest BCUT2D eigenvalue weighted by molar-refractivity contribution is 7.89. The fourth-order valence-corrected chi connectivity index (χ4v) is 4.90. The van der Waals surface area contributed by atoms with Crippen molar-refractivity contribution in [2.45, 2.75) is 49.6 Å². The molecule has 224 valence electrons. The molecule has 15 heteroatoms. The van der Waals surface area contributed by atoms with Gasteiger partial charge in [-0.05, 0) is 69.0 Å². The minimum absolute atomic E-state index is 0.0293. The molecule has 2 aromatic rings. The molecule has 1 fully saturated rings. The predicted octanol–water partition coefficient (Wildman–Crippen LogP) is -0.262. The standard InChI is InChI=1S/C20H30N6O6S.C6H8N2/c1-13-6-8-14(9-7-13)33(31,32)24-12-17(27)26-11-3-5-16(26)18(28)25-15(19(29)30)4-2-10-23-20(21)22;7-5-1-2-6(8)4-3-5/h6-9,15-16,24H,2-5,10-12H2,1H3,(H,25,28)(H,29,30)(H4,21,22,23);1-4H,7-8H2/t15-,16-;/m0./s1. The average molecular weight is 591 g/mol. The highest BCUT2D eigenvalue weighted by atomic mass is 32.2. The van der Waals surface area contributed by atoms with Crippen LogP contribution in [0.3, 0.4) is 0 Å². The average Bonchev–Trinajstić information content (AvgIpc) is 3.41. The minimum Gasteiger partial charge on any atom is -0.480 e. The van der Waals surface area contributed by atoms with Crippen molar-refractivity contribution in [2.24, 2.45) is 16.5 Å². The number of amides is 2. The number of carboxylic acids is 1. The molecule has 11 N–H and O–H groups in total. The third-order valence-corrected chi connectivity index (χ3v) is 7.53. The summed E-state index contributed by atoms with van der Waals surface area (Å²) in [6, 6.07) is 11.2. The van der Waals surface area contributed by atoms with Crippen LogP contribution in [0.15, 0.2) is 58.4 Å². The number of carbonyl (C=O) groups is 3. The third kappa shape index (κ3) is 11.0. The van der Waals surface area contributed by atoms with Gasteiger partial charge >= 0.3 is 5.97 Å². The molecule has 0 radical (unpaired) electrons. The zero-order chi connectivity index (χ0) is 30.6. The van der Waals surface area contributed by atoms with E-state index in [9.17, 15) is 27.9 Å².